The van der Waals surface area contributed by atoms with Crippen LogP contribution < -0.4 is 11.5 Å². The fourth-order valence-corrected chi connectivity index (χ4v) is 0.402. The van der Waals surface area contributed by atoms with E-state index in [0.29, 0.717) is 0 Å². The predicted octanol–water partition coefficient (Wildman–Crippen LogP) is -1.18. The lowest BCUT2D eigenvalue weighted by molar-refractivity contribution is -0.139. The van der Waals surface area contributed by atoms with Crippen molar-refractivity contribution in [2.75, 3.05) is 0 Å². The van der Waals surface area contributed by atoms with E-state index < -0.39 is 18.0 Å². The molecular formula is C6H13N3O4. The number of aliphatic carboxylic acids is 2. The van der Waals surface area contributed by atoms with Crippen LogP contribution in [0.1, 0.15) is 12.8 Å². The van der Waals surface area contributed by atoms with Gasteiger partial charge in [-0.05, 0) is 6.42 Å². The smallest absolute Gasteiger partial charge is 0.320 e. The molecule has 1 atom stereocenters. The molecule has 0 bridgehead atoms. The molecule has 0 rings (SSSR count). The van der Waals surface area contributed by atoms with Crippen LogP contribution in [-0.2, 0) is 9.59 Å². The van der Waals surface area contributed by atoms with Crippen molar-refractivity contribution in [1.29, 1.82) is 5.41 Å². The van der Waals surface area contributed by atoms with Gasteiger partial charge in [0, 0.05) is 6.42 Å². The number of rotatable bonds is 4. The Bertz CT molecular complexity index is 183. The Hall–Kier alpha value is -1.63. The molecule has 7 heteroatoms. The van der Waals surface area contributed by atoms with Crippen LogP contribution in [0.3, 0.4) is 0 Å². The molecular weight excluding hydrogens is 178 g/mol. The van der Waals surface area contributed by atoms with Gasteiger partial charge in [0.2, 0.25) is 0 Å². The molecule has 0 saturated carbocycles. The van der Waals surface area contributed by atoms with Gasteiger partial charge in [-0.3, -0.25) is 15.0 Å². The summed E-state index contributed by atoms with van der Waals surface area (Å²) in [6.45, 7) is 0. The first-order valence-electron chi connectivity index (χ1n) is 3.36. The van der Waals surface area contributed by atoms with Crippen molar-refractivity contribution in [1.82, 2.24) is 0 Å². The SMILES string of the molecule is N=CN.N[C@@H](CCC(=O)O)C(=O)O. The van der Waals surface area contributed by atoms with E-state index >= 15 is 0 Å². The van der Waals surface area contributed by atoms with Crippen LogP contribution in [0.5, 0.6) is 0 Å². The second-order valence-corrected chi connectivity index (χ2v) is 2.04. The van der Waals surface area contributed by atoms with E-state index in [1.165, 1.54) is 0 Å². The quantitative estimate of drug-likeness (QED) is 0.278. The monoisotopic (exact) mass is 191 g/mol. The Morgan fingerprint density at radius 2 is 1.85 bits per heavy atom. The first-order valence-corrected chi connectivity index (χ1v) is 3.36. The molecule has 0 aliphatic heterocycles. The number of nitrogens with two attached hydrogens (primary N) is 2. The van der Waals surface area contributed by atoms with Crippen LogP contribution in [-0.4, -0.2) is 34.5 Å². The summed E-state index contributed by atoms with van der Waals surface area (Å²) in [5.74, 6) is -2.20. The van der Waals surface area contributed by atoms with Crippen molar-refractivity contribution in [3.8, 4) is 0 Å². The molecule has 0 amide bonds. The zero-order chi connectivity index (χ0) is 10.9. The zero-order valence-electron chi connectivity index (χ0n) is 6.93. The van der Waals surface area contributed by atoms with Crippen molar-refractivity contribution < 1.29 is 19.8 Å². The van der Waals surface area contributed by atoms with Gasteiger partial charge >= 0.3 is 11.9 Å². The lowest BCUT2D eigenvalue weighted by Crippen LogP contribution is -2.30. The van der Waals surface area contributed by atoms with Crippen molar-refractivity contribution in [2.45, 2.75) is 18.9 Å². The standard InChI is InChI=1S/C5H9NO4.CH4N2/c6-3(5(9)10)1-2-4(7)8;2-1-3/h3H,1-2,6H2,(H,7,8)(H,9,10);1H,(H3,2,3)/t3-;/m0./s1. The Labute approximate surface area is 74.8 Å². The highest BCUT2D eigenvalue weighted by atomic mass is 16.4. The minimum atomic E-state index is -1.17. The highest BCUT2D eigenvalue weighted by Crippen LogP contribution is 1.93. The first-order chi connectivity index (χ1) is 5.95. The third kappa shape index (κ3) is 13.4. The number of hydrogen-bond acceptors (Lipinski definition) is 4. The molecule has 0 aromatic heterocycles. The van der Waals surface area contributed by atoms with Gasteiger partial charge in [-0.25, -0.2) is 0 Å². The molecule has 0 aromatic carbocycles. The summed E-state index contributed by atoms with van der Waals surface area (Å²) in [7, 11) is 0. The molecule has 0 aliphatic rings. The summed E-state index contributed by atoms with van der Waals surface area (Å²) in [5.41, 5.74) is 9.39. The number of nitrogens with one attached hydrogen (secondary N) is 1. The summed E-state index contributed by atoms with van der Waals surface area (Å²) in [5, 5.41) is 22.1. The maximum absolute atomic E-state index is 9.99. The van der Waals surface area contributed by atoms with Crippen LogP contribution >= 0.6 is 0 Å². The van der Waals surface area contributed by atoms with E-state index in [1.54, 1.807) is 0 Å². The van der Waals surface area contributed by atoms with Gasteiger partial charge in [0.25, 0.3) is 0 Å². The van der Waals surface area contributed by atoms with E-state index in [-0.39, 0.29) is 12.8 Å². The van der Waals surface area contributed by atoms with Crippen LogP contribution in [0.25, 0.3) is 0 Å². The van der Waals surface area contributed by atoms with Gasteiger partial charge in [-0.1, -0.05) is 0 Å². The van der Waals surface area contributed by atoms with Crippen LogP contribution in [0.2, 0.25) is 0 Å². The Kier molecular flexibility index (Phi) is 9.07. The summed E-state index contributed by atoms with van der Waals surface area (Å²) < 4.78 is 0. The predicted molar refractivity (Wildman–Crippen MR) is 45.5 cm³/mol. The summed E-state index contributed by atoms with van der Waals surface area (Å²) in [4.78, 5) is 19.9. The average Bonchev–Trinajstić information content (AvgIpc) is 2.01. The molecule has 0 fully saturated rings. The average molecular weight is 191 g/mol. The molecule has 7 N–H and O–H groups in total. The summed E-state index contributed by atoms with van der Waals surface area (Å²) in [6, 6.07) is -1.06. The van der Waals surface area contributed by atoms with Crippen LogP contribution in [0, 0.1) is 5.41 Å². The summed E-state index contributed by atoms with van der Waals surface area (Å²) >= 11 is 0. The van der Waals surface area contributed by atoms with Crippen LogP contribution in [0.15, 0.2) is 0 Å². The van der Waals surface area contributed by atoms with Gasteiger partial charge in [0.15, 0.2) is 0 Å². The van der Waals surface area contributed by atoms with E-state index in [4.69, 9.17) is 21.4 Å². The molecule has 13 heavy (non-hydrogen) atoms. The molecule has 0 heterocycles. The molecule has 0 aliphatic carbocycles. The van der Waals surface area contributed by atoms with Gasteiger partial charge in [0.1, 0.15) is 6.04 Å². The third-order valence-electron chi connectivity index (χ3n) is 0.986. The summed E-state index contributed by atoms with van der Waals surface area (Å²) in [6.07, 6.45) is 0.526. The van der Waals surface area contributed by atoms with E-state index in [1.807, 2.05) is 0 Å². The van der Waals surface area contributed by atoms with Gasteiger partial charge < -0.3 is 21.7 Å². The maximum Gasteiger partial charge on any atom is 0.320 e. The Morgan fingerprint density at radius 3 is 2.08 bits per heavy atom. The molecule has 7 nitrogen and oxygen atoms in total. The number of hydrogen-bond donors (Lipinski definition) is 5. The minimum absolute atomic E-state index is 0.0231. The van der Waals surface area contributed by atoms with Crippen molar-refractivity contribution in [3.63, 3.8) is 0 Å². The zero-order valence-corrected chi connectivity index (χ0v) is 6.93. The van der Waals surface area contributed by atoms with Gasteiger partial charge in [-0.2, -0.15) is 0 Å². The number of carboxylic acids is 2. The molecule has 0 unspecified atom stereocenters. The van der Waals surface area contributed by atoms with Gasteiger partial charge in [-0.15, -0.1) is 0 Å². The topological polar surface area (TPSA) is 150 Å². The van der Waals surface area contributed by atoms with E-state index in [9.17, 15) is 9.59 Å². The highest BCUT2D eigenvalue weighted by molar-refractivity contribution is 5.74. The van der Waals surface area contributed by atoms with Gasteiger partial charge in [0.05, 0.1) is 6.34 Å². The lowest BCUT2D eigenvalue weighted by atomic mass is 10.2. The first kappa shape index (κ1) is 13.9. The third-order valence-corrected chi connectivity index (χ3v) is 0.986. The van der Waals surface area contributed by atoms with Crippen molar-refractivity contribution in [3.05, 3.63) is 0 Å². The fourth-order valence-electron chi connectivity index (χ4n) is 0.402. The molecule has 0 saturated heterocycles. The largest absolute Gasteiger partial charge is 0.481 e. The number of carbonyl (C=O) groups is 2. The highest BCUT2D eigenvalue weighted by Gasteiger charge is 2.12. The molecule has 0 spiro atoms. The molecule has 0 aromatic rings. The second-order valence-electron chi connectivity index (χ2n) is 2.04. The lowest BCUT2D eigenvalue weighted by Gasteiger charge is -2.01. The van der Waals surface area contributed by atoms with Crippen molar-refractivity contribution >= 4 is 18.3 Å². The van der Waals surface area contributed by atoms with E-state index in [0.717, 1.165) is 6.34 Å². The maximum atomic E-state index is 9.99. The normalized spacial score (nSPS) is 10.5. The minimum Gasteiger partial charge on any atom is -0.481 e. The van der Waals surface area contributed by atoms with Crippen LogP contribution in [0.4, 0.5) is 0 Å². The Balaban J connectivity index is 0. The van der Waals surface area contributed by atoms with Crippen molar-refractivity contribution in [2.24, 2.45) is 11.5 Å². The number of carboxylic acid groups (broad SMARTS) is 2. The van der Waals surface area contributed by atoms with E-state index in [2.05, 4.69) is 5.73 Å². The molecule has 0 radical (unpaired) electrons. The second kappa shape index (κ2) is 8.47. The Morgan fingerprint density at radius 1 is 1.46 bits per heavy atom. The molecule has 76 valence electrons. The fraction of sp³-hybridized carbons (Fsp3) is 0.500.